The first-order chi connectivity index (χ1) is 9.45. The molecule has 7 heteroatoms. The van der Waals surface area contributed by atoms with Crippen LogP contribution in [0.15, 0.2) is 0 Å². The van der Waals surface area contributed by atoms with Gasteiger partial charge >= 0.3 is 5.97 Å². The molecular formula is C13H22N4O2S. The fourth-order valence-corrected chi connectivity index (χ4v) is 3.05. The molecule has 1 aliphatic rings. The summed E-state index contributed by atoms with van der Waals surface area (Å²) in [6.45, 7) is 5.29. The van der Waals surface area contributed by atoms with Gasteiger partial charge in [-0.15, -0.1) is 0 Å². The number of piperidine rings is 1. The van der Waals surface area contributed by atoms with Crippen molar-refractivity contribution in [1.82, 2.24) is 9.27 Å². The van der Waals surface area contributed by atoms with Gasteiger partial charge in [0.15, 0.2) is 5.82 Å². The predicted molar refractivity (Wildman–Crippen MR) is 81.2 cm³/mol. The second kappa shape index (κ2) is 5.97. The number of ether oxygens (including phenoxy) is 1. The fourth-order valence-electron chi connectivity index (χ4n) is 2.35. The zero-order valence-electron chi connectivity index (χ0n) is 12.2. The summed E-state index contributed by atoms with van der Waals surface area (Å²) in [6, 6.07) is 0. The van der Waals surface area contributed by atoms with E-state index in [1.54, 1.807) is 0 Å². The van der Waals surface area contributed by atoms with Crippen LogP contribution in [0, 0.1) is 5.41 Å². The molecule has 20 heavy (non-hydrogen) atoms. The summed E-state index contributed by atoms with van der Waals surface area (Å²) in [5.74, 6) is -0.204. The molecule has 0 aromatic carbocycles. The van der Waals surface area contributed by atoms with Crippen LogP contribution >= 0.6 is 11.5 Å². The lowest BCUT2D eigenvalue weighted by Crippen LogP contribution is -2.40. The molecule has 0 spiro atoms. The molecular weight excluding hydrogens is 276 g/mol. The van der Waals surface area contributed by atoms with Gasteiger partial charge in [0, 0.05) is 6.54 Å². The predicted octanol–water partition coefficient (Wildman–Crippen LogP) is 1.66. The number of nitrogens with zero attached hydrogens (tertiary/aromatic N) is 2. The molecule has 0 radical (unpaired) electrons. The molecule has 0 amide bonds. The highest BCUT2D eigenvalue weighted by molar-refractivity contribution is 7.11. The van der Waals surface area contributed by atoms with Crippen molar-refractivity contribution in [2.45, 2.75) is 19.8 Å². The number of rotatable bonds is 4. The zero-order chi connectivity index (χ0) is 14.8. The summed E-state index contributed by atoms with van der Waals surface area (Å²) in [5.41, 5.74) is 6.32. The molecule has 2 rings (SSSR count). The molecule has 1 aliphatic heterocycles. The van der Waals surface area contributed by atoms with E-state index in [9.17, 15) is 4.79 Å². The number of methoxy groups -OCH3 is 1. The minimum absolute atomic E-state index is 0.234. The number of carbonyl (C=O) groups excluding carboxylic acids is 1. The van der Waals surface area contributed by atoms with Crippen LogP contribution in [-0.2, 0) is 4.74 Å². The highest BCUT2D eigenvalue weighted by Gasteiger charge is 2.29. The lowest BCUT2D eigenvalue weighted by atomic mass is 9.80. The second-order valence-corrected chi connectivity index (χ2v) is 6.50. The molecule has 0 atom stereocenters. The van der Waals surface area contributed by atoms with Crippen LogP contribution in [0.25, 0.3) is 0 Å². The number of esters is 1. The topological polar surface area (TPSA) is 80.5 Å². The van der Waals surface area contributed by atoms with Crippen molar-refractivity contribution in [3.8, 4) is 0 Å². The maximum atomic E-state index is 11.7. The van der Waals surface area contributed by atoms with Crippen molar-refractivity contribution < 1.29 is 9.53 Å². The van der Waals surface area contributed by atoms with E-state index in [2.05, 4.69) is 28.6 Å². The Morgan fingerprint density at radius 2 is 2.20 bits per heavy atom. The van der Waals surface area contributed by atoms with Crippen LogP contribution in [0.2, 0.25) is 0 Å². The summed E-state index contributed by atoms with van der Waals surface area (Å²) in [7, 11) is 3.49. The van der Waals surface area contributed by atoms with Crippen LogP contribution < -0.4 is 11.1 Å². The van der Waals surface area contributed by atoms with Crippen LogP contribution in [-0.4, -0.2) is 49.0 Å². The zero-order valence-corrected chi connectivity index (χ0v) is 13.0. The standard InChI is InChI=1S/C13H22N4O2S/c1-13(4-6-17(2)7-5-13)8-15-11-9(12(18)19-3)10(14)16-20-11/h15H,4-8H2,1-3H3,(H2,14,16). The number of nitrogens with two attached hydrogens (primary N) is 1. The number of hydrogen-bond acceptors (Lipinski definition) is 7. The Kier molecular flexibility index (Phi) is 4.49. The quantitative estimate of drug-likeness (QED) is 0.823. The Labute approximate surface area is 123 Å². The minimum Gasteiger partial charge on any atom is -0.465 e. The van der Waals surface area contributed by atoms with Gasteiger partial charge in [0.05, 0.1) is 7.11 Å². The van der Waals surface area contributed by atoms with Crippen molar-refractivity contribution in [2.24, 2.45) is 5.41 Å². The first-order valence-electron chi connectivity index (χ1n) is 6.71. The number of hydrogen-bond donors (Lipinski definition) is 2. The highest BCUT2D eigenvalue weighted by atomic mass is 32.1. The number of likely N-dealkylation sites (tertiary alicyclic amines) is 1. The van der Waals surface area contributed by atoms with Gasteiger partial charge in [-0.25, -0.2) is 4.79 Å². The van der Waals surface area contributed by atoms with Gasteiger partial charge in [-0.2, -0.15) is 4.37 Å². The van der Waals surface area contributed by atoms with Crippen molar-refractivity contribution in [3.63, 3.8) is 0 Å². The average molecular weight is 298 g/mol. The molecule has 0 aliphatic carbocycles. The van der Waals surface area contributed by atoms with Gasteiger partial charge in [0.1, 0.15) is 10.6 Å². The molecule has 3 N–H and O–H groups in total. The summed E-state index contributed by atoms with van der Waals surface area (Å²) >= 11 is 1.21. The minimum atomic E-state index is -0.438. The van der Waals surface area contributed by atoms with Crippen molar-refractivity contribution >= 4 is 28.3 Å². The van der Waals surface area contributed by atoms with E-state index >= 15 is 0 Å². The summed E-state index contributed by atoms with van der Waals surface area (Å²) in [4.78, 5) is 14.0. The van der Waals surface area contributed by atoms with E-state index in [1.165, 1.54) is 18.6 Å². The highest BCUT2D eigenvalue weighted by Crippen LogP contribution is 2.33. The van der Waals surface area contributed by atoms with Crippen LogP contribution in [0.5, 0.6) is 0 Å². The largest absolute Gasteiger partial charge is 0.465 e. The first-order valence-corrected chi connectivity index (χ1v) is 7.48. The number of anilines is 2. The van der Waals surface area contributed by atoms with Crippen LogP contribution in [0.3, 0.4) is 0 Å². The number of nitrogen functional groups attached to an aromatic ring is 1. The summed E-state index contributed by atoms with van der Waals surface area (Å²) < 4.78 is 8.78. The Balaban J connectivity index is 2.02. The molecule has 112 valence electrons. The van der Waals surface area contributed by atoms with Crippen LogP contribution in [0.1, 0.15) is 30.1 Å². The molecule has 0 saturated carbocycles. The third-order valence-corrected chi connectivity index (χ3v) is 4.80. The molecule has 1 aromatic rings. The molecule has 1 fully saturated rings. The third-order valence-electron chi connectivity index (χ3n) is 3.98. The van der Waals surface area contributed by atoms with Crippen molar-refractivity contribution in [2.75, 3.05) is 44.8 Å². The number of carbonyl (C=O) groups is 1. The van der Waals surface area contributed by atoms with Gasteiger partial charge in [-0.1, -0.05) is 6.92 Å². The fraction of sp³-hybridized carbons (Fsp3) is 0.692. The smallest absolute Gasteiger partial charge is 0.344 e. The normalized spacial score (nSPS) is 18.8. The summed E-state index contributed by atoms with van der Waals surface area (Å²) in [5, 5.41) is 4.03. The number of aromatic nitrogens is 1. The number of nitrogens with one attached hydrogen (secondary N) is 1. The van der Waals surface area contributed by atoms with Crippen molar-refractivity contribution in [1.29, 1.82) is 0 Å². The molecule has 0 bridgehead atoms. The van der Waals surface area contributed by atoms with E-state index in [4.69, 9.17) is 10.5 Å². The van der Waals surface area contributed by atoms with E-state index in [0.29, 0.717) is 10.6 Å². The van der Waals surface area contributed by atoms with Gasteiger partial charge in [0.25, 0.3) is 0 Å². The molecule has 1 saturated heterocycles. The second-order valence-electron chi connectivity index (χ2n) is 5.73. The Bertz CT molecular complexity index is 481. The van der Waals surface area contributed by atoms with Gasteiger partial charge in [-0.05, 0) is 49.9 Å². The van der Waals surface area contributed by atoms with Crippen LogP contribution in [0.4, 0.5) is 10.8 Å². The monoisotopic (exact) mass is 298 g/mol. The van der Waals surface area contributed by atoms with E-state index in [1.807, 2.05) is 0 Å². The Hall–Kier alpha value is -1.34. The average Bonchev–Trinajstić information content (AvgIpc) is 2.81. The SMILES string of the molecule is COC(=O)c1c(N)nsc1NCC1(C)CCN(C)CC1. The molecule has 2 heterocycles. The van der Waals surface area contributed by atoms with E-state index in [-0.39, 0.29) is 11.2 Å². The third kappa shape index (κ3) is 3.21. The van der Waals surface area contributed by atoms with E-state index in [0.717, 1.165) is 32.5 Å². The maximum absolute atomic E-state index is 11.7. The van der Waals surface area contributed by atoms with Crippen molar-refractivity contribution in [3.05, 3.63) is 5.56 Å². The van der Waals surface area contributed by atoms with Gasteiger partial charge < -0.3 is 20.7 Å². The first kappa shape index (κ1) is 15.1. The Morgan fingerprint density at radius 1 is 1.55 bits per heavy atom. The van der Waals surface area contributed by atoms with E-state index < -0.39 is 5.97 Å². The van der Waals surface area contributed by atoms with Gasteiger partial charge in [0.2, 0.25) is 0 Å². The molecule has 0 unspecified atom stereocenters. The molecule has 6 nitrogen and oxygen atoms in total. The lowest BCUT2D eigenvalue weighted by molar-refractivity contribution is 0.0603. The summed E-state index contributed by atoms with van der Waals surface area (Å²) in [6.07, 6.45) is 2.27. The molecule has 1 aromatic heterocycles. The lowest BCUT2D eigenvalue weighted by Gasteiger charge is -2.38. The Morgan fingerprint density at radius 3 is 2.80 bits per heavy atom. The maximum Gasteiger partial charge on any atom is 0.344 e. The van der Waals surface area contributed by atoms with Gasteiger partial charge in [-0.3, -0.25) is 0 Å².